The van der Waals surface area contributed by atoms with Crippen molar-refractivity contribution in [1.29, 1.82) is 0 Å². The zero-order valence-corrected chi connectivity index (χ0v) is 16.1. The fourth-order valence-corrected chi connectivity index (χ4v) is 4.02. The molecule has 0 aromatic heterocycles. The molecule has 0 fully saturated rings. The topological polar surface area (TPSA) is 78.5 Å². The van der Waals surface area contributed by atoms with Crippen molar-refractivity contribution in [2.45, 2.75) is 25.7 Å². The van der Waals surface area contributed by atoms with Gasteiger partial charge in [0.1, 0.15) is 0 Å². The number of sulfonamides is 1. The lowest BCUT2D eigenvalue weighted by atomic mass is 10.2. The molecule has 0 atom stereocenters. The average molecular weight is 375 g/mol. The number of aryl methyl sites for hydroxylation is 1. The van der Waals surface area contributed by atoms with Crippen molar-refractivity contribution in [3.05, 3.63) is 54.1 Å². The minimum absolute atomic E-state index is 0.128. The third-order valence-corrected chi connectivity index (χ3v) is 6.02. The molecule has 0 bridgehead atoms. The Morgan fingerprint density at radius 1 is 1.00 bits per heavy atom. The van der Waals surface area contributed by atoms with Crippen LogP contribution < -0.4 is 10.6 Å². The van der Waals surface area contributed by atoms with Crippen LogP contribution in [0.25, 0.3) is 0 Å². The van der Waals surface area contributed by atoms with Crippen molar-refractivity contribution < 1.29 is 13.2 Å². The number of rotatable bonds is 8. The van der Waals surface area contributed by atoms with Gasteiger partial charge in [0.15, 0.2) is 0 Å². The van der Waals surface area contributed by atoms with E-state index in [1.165, 1.54) is 16.4 Å². The van der Waals surface area contributed by atoms with E-state index in [1.807, 2.05) is 31.2 Å². The van der Waals surface area contributed by atoms with Gasteiger partial charge in [-0.05, 0) is 48.9 Å². The van der Waals surface area contributed by atoms with E-state index in [4.69, 9.17) is 0 Å². The maximum absolute atomic E-state index is 12.4. The fraction of sp³-hybridized carbons (Fsp3) is 0.316. The molecule has 2 N–H and O–H groups in total. The van der Waals surface area contributed by atoms with Gasteiger partial charge in [0.2, 0.25) is 15.9 Å². The van der Waals surface area contributed by atoms with E-state index in [0.29, 0.717) is 18.8 Å². The van der Waals surface area contributed by atoms with Gasteiger partial charge in [-0.25, -0.2) is 8.42 Å². The molecule has 2 rings (SSSR count). The first-order valence-electron chi connectivity index (χ1n) is 8.57. The van der Waals surface area contributed by atoms with Crippen LogP contribution in [0.2, 0.25) is 0 Å². The van der Waals surface area contributed by atoms with Crippen LogP contribution in [0.5, 0.6) is 0 Å². The Bertz CT molecular complexity index is 845. The molecule has 0 saturated heterocycles. The van der Waals surface area contributed by atoms with Gasteiger partial charge < -0.3 is 10.6 Å². The second kappa shape index (κ2) is 8.82. The Kier molecular flexibility index (Phi) is 6.76. The van der Waals surface area contributed by atoms with Crippen LogP contribution in [0.3, 0.4) is 0 Å². The Labute approximate surface area is 155 Å². The molecule has 0 aliphatic heterocycles. The highest BCUT2D eigenvalue weighted by molar-refractivity contribution is 7.89. The number of nitrogens with one attached hydrogen (secondary N) is 2. The summed E-state index contributed by atoms with van der Waals surface area (Å²) in [7, 11) is -3.49. The molecule has 1 amide bonds. The molecule has 0 aliphatic rings. The number of amides is 1. The van der Waals surface area contributed by atoms with Gasteiger partial charge in [-0.3, -0.25) is 4.79 Å². The molecular formula is C19H25N3O3S. The van der Waals surface area contributed by atoms with Crippen LogP contribution in [0, 0.1) is 6.92 Å². The highest BCUT2D eigenvalue weighted by atomic mass is 32.2. The number of hydrogen-bond acceptors (Lipinski definition) is 4. The summed E-state index contributed by atoms with van der Waals surface area (Å²) in [5.41, 5.74) is 2.54. The van der Waals surface area contributed by atoms with E-state index in [1.54, 1.807) is 26.0 Å². The number of carbonyl (C=O) groups is 1. The first kappa shape index (κ1) is 19.9. The maximum Gasteiger partial charge on any atom is 0.243 e. The van der Waals surface area contributed by atoms with Gasteiger partial charge in [-0.1, -0.05) is 26.0 Å². The lowest BCUT2D eigenvalue weighted by molar-refractivity contribution is -0.114. The minimum Gasteiger partial charge on any atom is -0.376 e. The Hall–Kier alpha value is -2.38. The van der Waals surface area contributed by atoms with E-state index in [-0.39, 0.29) is 17.3 Å². The number of anilines is 2. The molecular weight excluding hydrogens is 350 g/mol. The van der Waals surface area contributed by atoms with E-state index in [2.05, 4.69) is 10.6 Å². The van der Waals surface area contributed by atoms with Crippen molar-refractivity contribution in [3.8, 4) is 0 Å². The Morgan fingerprint density at radius 2 is 1.65 bits per heavy atom. The zero-order chi connectivity index (χ0) is 19.2. The molecule has 0 radical (unpaired) electrons. The van der Waals surface area contributed by atoms with Crippen LogP contribution >= 0.6 is 0 Å². The smallest absolute Gasteiger partial charge is 0.243 e. The first-order chi connectivity index (χ1) is 12.4. The van der Waals surface area contributed by atoms with Crippen molar-refractivity contribution in [3.63, 3.8) is 0 Å². The Morgan fingerprint density at radius 3 is 2.23 bits per heavy atom. The summed E-state index contributed by atoms with van der Waals surface area (Å²) in [6, 6.07) is 14.0. The molecule has 26 heavy (non-hydrogen) atoms. The third-order valence-electron chi connectivity index (χ3n) is 3.95. The van der Waals surface area contributed by atoms with E-state index < -0.39 is 10.0 Å². The minimum atomic E-state index is -3.49. The van der Waals surface area contributed by atoms with E-state index >= 15 is 0 Å². The Balaban J connectivity index is 1.97. The van der Waals surface area contributed by atoms with Gasteiger partial charge in [-0.15, -0.1) is 0 Å². The largest absolute Gasteiger partial charge is 0.376 e. The van der Waals surface area contributed by atoms with Crippen molar-refractivity contribution in [2.75, 3.05) is 30.3 Å². The standard InChI is InChI=1S/C19H25N3O3S/c1-4-22(5-2)26(24,25)18-11-9-16(10-12-18)21-19(23)14-20-17-8-6-7-15(3)13-17/h6-13,20H,4-5,14H2,1-3H3,(H,21,23). The highest BCUT2D eigenvalue weighted by Crippen LogP contribution is 2.18. The molecule has 0 unspecified atom stereocenters. The molecule has 6 nitrogen and oxygen atoms in total. The number of nitrogens with zero attached hydrogens (tertiary/aromatic N) is 1. The molecule has 0 saturated carbocycles. The van der Waals surface area contributed by atoms with Gasteiger partial charge in [-0.2, -0.15) is 4.31 Å². The van der Waals surface area contributed by atoms with Crippen LogP contribution in [0.1, 0.15) is 19.4 Å². The SMILES string of the molecule is CCN(CC)S(=O)(=O)c1ccc(NC(=O)CNc2cccc(C)c2)cc1. The molecule has 2 aromatic rings. The molecule has 0 heterocycles. The molecule has 0 aliphatic carbocycles. The molecule has 7 heteroatoms. The fourth-order valence-electron chi connectivity index (χ4n) is 2.57. The second-order valence-electron chi connectivity index (χ2n) is 5.88. The summed E-state index contributed by atoms with van der Waals surface area (Å²) in [5, 5.41) is 5.81. The van der Waals surface area contributed by atoms with Crippen LogP contribution in [-0.2, 0) is 14.8 Å². The lowest BCUT2D eigenvalue weighted by Crippen LogP contribution is -2.30. The van der Waals surface area contributed by atoms with Crippen molar-refractivity contribution in [2.24, 2.45) is 0 Å². The van der Waals surface area contributed by atoms with Crippen molar-refractivity contribution in [1.82, 2.24) is 4.31 Å². The monoisotopic (exact) mass is 375 g/mol. The number of carbonyl (C=O) groups excluding carboxylic acids is 1. The van der Waals surface area contributed by atoms with Crippen LogP contribution in [0.4, 0.5) is 11.4 Å². The zero-order valence-electron chi connectivity index (χ0n) is 15.3. The summed E-state index contributed by atoms with van der Waals surface area (Å²) >= 11 is 0. The number of hydrogen-bond donors (Lipinski definition) is 2. The van der Waals surface area contributed by atoms with Gasteiger partial charge in [0.25, 0.3) is 0 Å². The predicted molar refractivity (Wildman–Crippen MR) is 105 cm³/mol. The normalized spacial score (nSPS) is 11.4. The van der Waals surface area contributed by atoms with E-state index in [9.17, 15) is 13.2 Å². The summed E-state index contributed by atoms with van der Waals surface area (Å²) in [6.07, 6.45) is 0. The number of benzene rings is 2. The first-order valence-corrected chi connectivity index (χ1v) is 10.0. The molecule has 2 aromatic carbocycles. The maximum atomic E-state index is 12.4. The lowest BCUT2D eigenvalue weighted by Gasteiger charge is -2.18. The second-order valence-corrected chi connectivity index (χ2v) is 7.82. The quantitative estimate of drug-likeness (QED) is 0.743. The molecule has 140 valence electrons. The highest BCUT2D eigenvalue weighted by Gasteiger charge is 2.21. The van der Waals surface area contributed by atoms with Crippen molar-refractivity contribution >= 4 is 27.3 Å². The van der Waals surface area contributed by atoms with E-state index in [0.717, 1.165) is 11.3 Å². The van der Waals surface area contributed by atoms with Gasteiger partial charge in [0.05, 0.1) is 11.4 Å². The summed E-state index contributed by atoms with van der Waals surface area (Å²) in [4.78, 5) is 12.3. The third kappa shape index (κ3) is 5.06. The van der Waals surface area contributed by atoms with Gasteiger partial charge >= 0.3 is 0 Å². The summed E-state index contributed by atoms with van der Waals surface area (Å²) in [5.74, 6) is -0.203. The van der Waals surface area contributed by atoms with Gasteiger partial charge in [0, 0.05) is 24.5 Å². The average Bonchev–Trinajstić information content (AvgIpc) is 2.61. The predicted octanol–water partition coefficient (Wildman–Crippen LogP) is 3.08. The van der Waals surface area contributed by atoms with Crippen LogP contribution in [0.15, 0.2) is 53.4 Å². The summed E-state index contributed by atoms with van der Waals surface area (Å²) < 4.78 is 26.3. The summed E-state index contributed by atoms with van der Waals surface area (Å²) in [6.45, 7) is 6.56. The van der Waals surface area contributed by atoms with Crippen LogP contribution in [-0.4, -0.2) is 38.3 Å². The molecule has 0 spiro atoms.